The molecule has 24 heavy (non-hydrogen) atoms. The Balaban J connectivity index is 2.55. The van der Waals surface area contributed by atoms with E-state index >= 15 is 0 Å². The predicted molar refractivity (Wildman–Crippen MR) is 69.9 cm³/mol. The molecule has 129 valence electrons. The van der Waals surface area contributed by atoms with Gasteiger partial charge in [-0.25, -0.2) is 30.7 Å². The van der Waals surface area contributed by atoms with Gasteiger partial charge in [-0.05, 0) is 18.5 Å². The molecular weight excluding hydrogens is 347 g/mol. The lowest BCUT2D eigenvalue weighted by Gasteiger charge is -2.25. The van der Waals surface area contributed by atoms with Crippen molar-refractivity contribution in [1.82, 2.24) is 0 Å². The molecule has 0 aromatic heterocycles. The first kappa shape index (κ1) is 18.3. The van der Waals surface area contributed by atoms with Crippen LogP contribution in [0.5, 0.6) is 5.75 Å². The predicted octanol–water partition coefficient (Wildman–Crippen LogP) is 4.12. The molecule has 10 heteroatoms. The largest absolute Gasteiger partial charge is 0.491 e. The summed E-state index contributed by atoms with van der Waals surface area (Å²) in [5.74, 6) is -17.3. The first-order valence-corrected chi connectivity index (χ1v) is 6.40. The summed E-state index contributed by atoms with van der Waals surface area (Å²) in [6.07, 6.45) is 0.0690. The van der Waals surface area contributed by atoms with E-state index in [9.17, 15) is 35.1 Å². The Bertz CT molecular complexity index is 756. The van der Waals surface area contributed by atoms with E-state index in [1.54, 1.807) is 0 Å². The van der Waals surface area contributed by atoms with Crippen LogP contribution >= 0.6 is 0 Å². The highest BCUT2D eigenvalue weighted by atomic mass is 19.2. The van der Waals surface area contributed by atoms with E-state index in [0.717, 1.165) is 7.11 Å². The van der Waals surface area contributed by atoms with Crippen LogP contribution in [0.2, 0.25) is 5.82 Å². The Labute approximate surface area is 131 Å². The molecule has 2 unspecified atom stereocenters. The summed E-state index contributed by atoms with van der Waals surface area (Å²) >= 11 is 0. The van der Waals surface area contributed by atoms with E-state index in [4.69, 9.17) is 0 Å². The first-order chi connectivity index (χ1) is 11.0. The number of halogens is 8. The van der Waals surface area contributed by atoms with E-state index in [2.05, 4.69) is 4.74 Å². The van der Waals surface area contributed by atoms with Gasteiger partial charge in [0.1, 0.15) is 11.7 Å². The van der Waals surface area contributed by atoms with Crippen LogP contribution < -0.4 is 10.2 Å². The van der Waals surface area contributed by atoms with E-state index < -0.39 is 63.4 Å². The quantitative estimate of drug-likeness (QED) is 0.343. The zero-order valence-corrected chi connectivity index (χ0v) is 12.2. The van der Waals surface area contributed by atoms with Gasteiger partial charge in [-0.1, -0.05) is 0 Å². The highest BCUT2D eigenvalue weighted by Crippen LogP contribution is 2.43. The zero-order valence-electron chi connectivity index (χ0n) is 12.2. The molecule has 1 aliphatic rings. The van der Waals surface area contributed by atoms with Crippen LogP contribution in [0.25, 0.3) is 0 Å². The Hall–Kier alpha value is -2.00. The van der Waals surface area contributed by atoms with Crippen LogP contribution in [-0.2, 0) is 0 Å². The fourth-order valence-corrected chi connectivity index (χ4v) is 2.18. The summed E-state index contributed by atoms with van der Waals surface area (Å²) in [6, 6.07) is 0. The third kappa shape index (κ3) is 2.78. The fraction of sp³-hybridized carbons (Fsp3) is 0.286. The Morgan fingerprint density at radius 3 is 2.08 bits per heavy atom. The van der Waals surface area contributed by atoms with Crippen molar-refractivity contribution in [3.8, 4) is 5.75 Å². The Morgan fingerprint density at radius 1 is 0.958 bits per heavy atom. The molecule has 0 amide bonds. The molecule has 0 fully saturated rings. The Kier molecular flexibility index (Phi) is 4.69. The summed E-state index contributed by atoms with van der Waals surface area (Å²) in [7, 11) is 0.879. The van der Waals surface area contributed by atoms with Gasteiger partial charge >= 0.3 is 0 Å². The van der Waals surface area contributed by atoms with Gasteiger partial charge in [-0.3, -0.25) is 0 Å². The number of ether oxygens (including phenoxy) is 1. The topological polar surface area (TPSA) is 9.23 Å². The molecule has 2 rings (SSSR count). The third-order valence-corrected chi connectivity index (χ3v) is 3.41. The van der Waals surface area contributed by atoms with Gasteiger partial charge in [0.05, 0.1) is 7.11 Å². The maximum Gasteiger partial charge on any atom is 0.206 e. The second-order valence-corrected chi connectivity index (χ2v) is 5.11. The first-order valence-electron chi connectivity index (χ1n) is 6.40. The lowest BCUT2D eigenvalue weighted by molar-refractivity contribution is 0.233. The van der Waals surface area contributed by atoms with Crippen molar-refractivity contribution >= 4 is 12.7 Å². The minimum absolute atomic E-state index is 0.0690. The van der Waals surface area contributed by atoms with E-state index in [0.29, 0.717) is 6.92 Å². The molecule has 1 aliphatic carbocycles. The summed E-state index contributed by atoms with van der Waals surface area (Å²) in [5, 5.41) is 0. The molecule has 1 nitrogen and oxygen atoms in total. The monoisotopic (exact) mass is 355 g/mol. The zero-order chi connectivity index (χ0) is 18.4. The number of hydrogen-bond acceptors (Lipinski definition) is 1. The van der Waals surface area contributed by atoms with Crippen molar-refractivity contribution in [3.63, 3.8) is 0 Å². The van der Waals surface area contributed by atoms with Gasteiger partial charge in [0.25, 0.3) is 0 Å². The van der Waals surface area contributed by atoms with Crippen molar-refractivity contribution in [2.45, 2.75) is 18.4 Å². The summed E-state index contributed by atoms with van der Waals surface area (Å²) in [5.41, 5.74) is -4.47. The van der Waals surface area contributed by atoms with Crippen LogP contribution in [0, 0.1) is 23.3 Å². The van der Waals surface area contributed by atoms with Gasteiger partial charge in [0.2, 0.25) is 5.82 Å². The van der Waals surface area contributed by atoms with Gasteiger partial charge < -0.3 is 4.74 Å². The molecular formula is C14H8BF8O. The molecule has 1 aromatic carbocycles. The van der Waals surface area contributed by atoms with Crippen molar-refractivity contribution in [3.05, 3.63) is 46.8 Å². The van der Waals surface area contributed by atoms with Crippen molar-refractivity contribution in [2.75, 3.05) is 7.11 Å². The summed E-state index contributed by atoms with van der Waals surface area (Å²) in [6.45, 7) is 0.527. The number of alkyl halides is 1. The standard InChI is InChI=1S/C14H8BF8O/c1-14(23)3-4(16)5(9(19)13(14)22)15-6-7(17)10(20)11(21)12(24-2)8(6)18/h3,5H,1-2H3. The van der Waals surface area contributed by atoms with Crippen LogP contribution in [0.1, 0.15) is 6.92 Å². The number of hydrogen-bond donors (Lipinski definition) is 0. The van der Waals surface area contributed by atoms with Crippen LogP contribution in [-0.4, -0.2) is 20.1 Å². The van der Waals surface area contributed by atoms with E-state index in [-0.39, 0.29) is 13.4 Å². The molecule has 0 N–H and O–H groups in total. The van der Waals surface area contributed by atoms with Gasteiger partial charge in [0, 0.05) is 5.82 Å². The van der Waals surface area contributed by atoms with Gasteiger partial charge in [0.15, 0.2) is 42.0 Å². The van der Waals surface area contributed by atoms with Crippen molar-refractivity contribution in [1.29, 1.82) is 0 Å². The normalized spacial score (nSPS) is 24.1. The molecule has 0 saturated heterocycles. The fourth-order valence-electron chi connectivity index (χ4n) is 2.18. The van der Waals surface area contributed by atoms with Gasteiger partial charge in [-0.15, -0.1) is 0 Å². The highest BCUT2D eigenvalue weighted by Gasteiger charge is 2.42. The molecule has 0 bridgehead atoms. The number of benzene rings is 1. The molecule has 1 radical (unpaired) electrons. The molecule has 0 saturated carbocycles. The highest BCUT2D eigenvalue weighted by molar-refractivity contribution is 6.56. The summed E-state index contributed by atoms with van der Waals surface area (Å²) in [4.78, 5) is 0. The molecule has 2 atom stereocenters. The second-order valence-electron chi connectivity index (χ2n) is 5.11. The second kappa shape index (κ2) is 6.14. The molecule has 0 heterocycles. The van der Waals surface area contributed by atoms with Crippen molar-refractivity contribution < 1.29 is 39.9 Å². The minimum atomic E-state index is -3.08. The Morgan fingerprint density at radius 2 is 1.54 bits per heavy atom. The molecule has 0 spiro atoms. The number of allylic oxidation sites excluding steroid dienone is 4. The third-order valence-electron chi connectivity index (χ3n) is 3.41. The summed E-state index contributed by atoms with van der Waals surface area (Å²) < 4.78 is 113. The van der Waals surface area contributed by atoms with E-state index in [1.165, 1.54) is 0 Å². The number of rotatable bonds is 3. The number of methoxy groups -OCH3 is 1. The lowest BCUT2D eigenvalue weighted by atomic mass is 9.56. The van der Waals surface area contributed by atoms with Crippen LogP contribution in [0.15, 0.2) is 23.6 Å². The smallest absolute Gasteiger partial charge is 0.206 e. The molecule has 0 aliphatic heterocycles. The molecule has 1 aromatic rings. The van der Waals surface area contributed by atoms with E-state index in [1.807, 2.05) is 0 Å². The minimum Gasteiger partial charge on any atom is -0.491 e. The SMILES string of the molecule is COc1c(F)c(F)c(F)c([B]C2C(F)=CC(C)(F)C(F)=C2F)c1F. The average molecular weight is 355 g/mol. The average Bonchev–Trinajstić information content (AvgIpc) is 2.50. The lowest BCUT2D eigenvalue weighted by Crippen LogP contribution is -2.33. The van der Waals surface area contributed by atoms with Crippen molar-refractivity contribution in [2.24, 2.45) is 0 Å². The maximum absolute atomic E-state index is 14.0. The van der Waals surface area contributed by atoms with Crippen LogP contribution in [0.4, 0.5) is 35.1 Å². The van der Waals surface area contributed by atoms with Gasteiger partial charge in [-0.2, -0.15) is 4.39 Å². The van der Waals surface area contributed by atoms with Crippen LogP contribution in [0.3, 0.4) is 0 Å². The maximum atomic E-state index is 14.0.